The number of rotatable bonds is 5. The van der Waals surface area contributed by atoms with Crippen LogP contribution in [0, 0.1) is 0 Å². The van der Waals surface area contributed by atoms with Gasteiger partial charge in [0.05, 0.1) is 5.60 Å². The lowest BCUT2D eigenvalue weighted by atomic mass is 9.94. The Morgan fingerprint density at radius 1 is 1.19 bits per heavy atom. The number of aromatic nitrogens is 1. The molecule has 0 bridgehead atoms. The molecule has 1 aliphatic carbocycles. The molecule has 1 heterocycles. The third-order valence-electron chi connectivity index (χ3n) is 5.13. The van der Waals surface area contributed by atoms with Crippen molar-refractivity contribution in [1.29, 1.82) is 0 Å². The Balaban J connectivity index is 1.79. The molecule has 0 aliphatic heterocycles. The number of pyridine rings is 1. The molecule has 1 aromatic carbocycles. The van der Waals surface area contributed by atoms with Gasteiger partial charge in [-0.15, -0.1) is 0 Å². The van der Waals surface area contributed by atoms with E-state index in [1.165, 1.54) is 18.4 Å². The maximum Gasteiger partial charge on any atom is 0.251 e. The first-order chi connectivity index (χ1) is 12.8. The maximum atomic E-state index is 12.7. The lowest BCUT2D eigenvalue weighted by molar-refractivity contribution is 0.0782. The van der Waals surface area contributed by atoms with E-state index in [9.17, 15) is 9.90 Å². The molecule has 4 nitrogen and oxygen atoms in total. The number of aliphatic hydroxyl groups is 1. The highest BCUT2D eigenvalue weighted by molar-refractivity contribution is 5.95. The number of carbonyl (C=O) groups excluding carboxylic acids is 1. The Kier molecular flexibility index (Phi) is 5.76. The fourth-order valence-electron chi connectivity index (χ4n) is 3.40. The molecule has 4 heteroatoms. The van der Waals surface area contributed by atoms with Gasteiger partial charge in [-0.05, 0) is 70.2 Å². The van der Waals surface area contributed by atoms with Crippen LogP contribution < -0.4 is 5.32 Å². The Labute approximate surface area is 161 Å². The van der Waals surface area contributed by atoms with Gasteiger partial charge in [-0.2, -0.15) is 0 Å². The van der Waals surface area contributed by atoms with E-state index in [1.54, 1.807) is 26.2 Å². The molecule has 1 amide bonds. The van der Waals surface area contributed by atoms with Crippen LogP contribution >= 0.6 is 0 Å². The van der Waals surface area contributed by atoms with Gasteiger partial charge in [-0.1, -0.05) is 23.8 Å². The summed E-state index contributed by atoms with van der Waals surface area (Å²) in [5.74, 6) is -0.0672. The molecule has 2 N–H and O–H groups in total. The van der Waals surface area contributed by atoms with E-state index in [2.05, 4.69) is 23.3 Å². The highest BCUT2D eigenvalue weighted by Crippen LogP contribution is 2.26. The summed E-state index contributed by atoms with van der Waals surface area (Å²) in [6.07, 6.45) is 10.3. The van der Waals surface area contributed by atoms with Crippen molar-refractivity contribution in [2.24, 2.45) is 0 Å². The SMILES string of the molecule is CC(NC(=O)c1cccc(-c2cncc(C(C)(C)O)c2)c1)C1=CCCCC1. The Morgan fingerprint density at radius 3 is 2.70 bits per heavy atom. The van der Waals surface area contributed by atoms with Crippen LogP contribution in [0.25, 0.3) is 11.1 Å². The minimum atomic E-state index is -0.957. The van der Waals surface area contributed by atoms with Gasteiger partial charge < -0.3 is 10.4 Å². The Morgan fingerprint density at radius 2 is 2.00 bits per heavy atom. The van der Waals surface area contributed by atoms with E-state index >= 15 is 0 Å². The maximum absolute atomic E-state index is 12.7. The van der Waals surface area contributed by atoms with Crippen LogP contribution in [0.15, 0.2) is 54.4 Å². The molecule has 3 rings (SSSR count). The van der Waals surface area contributed by atoms with Crippen LogP contribution in [0.4, 0.5) is 0 Å². The number of nitrogens with one attached hydrogen (secondary N) is 1. The number of hydrogen-bond acceptors (Lipinski definition) is 3. The zero-order valence-electron chi connectivity index (χ0n) is 16.3. The summed E-state index contributed by atoms with van der Waals surface area (Å²) in [6, 6.07) is 9.51. The topological polar surface area (TPSA) is 62.2 Å². The van der Waals surface area contributed by atoms with Crippen LogP contribution in [0.5, 0.6) is 0 Å². The highest BCUT2D eigenvalue weighted by Gasteiger charge is 2.18. The molecular formula is C23H28N2O2. The average molecular weight is 364 g/mol. The van der Waals surface area contributed by atoms with Crippen molar-refractivity contribution < 1.29 is 9.90 Å². The van der Waals surface area contributed by atoms with Crippen molar-refractivity contribution >= 4 is 5.91 Å². The van der Waals surface area contributed by atoms with Gasteiger partial charge in [0, 0.05) is 35.1 Å². The first kappa shape index (κ1) is 19.3. The van der Waals surface area contributed by atoms with Crippen molar-refractivity contribution in [3.8, 4) is 11.1 Å². The van der Waals surface area contributed by atoms with E-state index in [0.717, 1.165) is 29.5 Å². The third kappa shape index (κ3) is 4.83. The van der Waals surface area contributed by atoms with Gasteiger partial charge >= 0.3 is 0 Å². The predicted molar refractivity (Wildman–Crippen MR) is 108 cm³/mol. The van der Waals surface area contributed by atoms with Crippen LogP contribution in [-0.2, 0) is 5.60 Å². The number of benzene rings is 1. The summed E-state index contributed by atoms with van der Waals surface area (Å²) < 4.78 is 0. The van der Waals surface area contributed by atoms with Crippen molar-refractivity contribution in [2.75, 3.05) is 0 Å². The zero-order valence-corrected chi connectivity index (χ0v) is 16.3. The quantitative estimate of drug-likeness (QED) is 0.763. The highest BCUT2D eigenvalue weighted by atomic mass is 16.3. The molecule has 27 heavy (non-hydrogen) atoms. The summed E-state index contributed by atoms with van der Waals surface area (Å²) in [4.78, 5) is 17.0. The molecule has 1 atom stereocenters. The smallest absolute Gasteiger partial charge is 0.251 e. The van der Waals surface area contributed by atoms with Gasteiger partial charge in [0.1, 0.15) is 0 Å². The normalized spacial score (nSPS) is 15.8. The van der Waals surface area contributed by atoms with Gasteiger partial charge in [0.15, 0.2) is 0 Å². The number of amides is 1. The van der Waals surface area contributed by atoms with Crippen molar-refractivity contribution in [3.63, 3.8) is 0 Å². The molecule has 0 radical (unpaired) electrons. The first-order valence-electron chi connectivity index (χ1n) is 9.63. The van der Waals surface area contributed by atoms with Crippen molar-refractivity contribution in [1.82, 2.24) is 10.3 Å². The molecule has 0 fully saturated rings. The second kappa shape index (κ2) is 8.05. The molecule has 0 saturated heterocycles. The van der Waals surface area contributed by atoms with E-state index in [1.807, 2.05) is 30.3 Å². The molecule has 0 saturated carbocycles. The third-order valence-corrected chi connectivity index (χ3v) is 5.13. The van der Waals surface area contributed by atoms with Gasteiger partial charge in [0.2, 0.25) is 0 Å². The summed E-state index contributed by atoms with van der Waals surface area (Å²) >= 11 is 0. The molecule has 142 valence electrons. The summed E-state index contributed by atoms with van der Waals surface area (Å²) in [5.41, 5.74) is 3.53. The fraction of sp³-hybridized carbons (Fsp3) is 0.391. The fourth-order valence-corrected chi connectivity index (χ4v) is 3.40. The van der Waals surface area contributed by atoms with Crippen LogP contribution in [0.3, 0.4) is 0 Å². The largest absolute Gasteiger partial charge is 0.386 e. The standard InChI is InChI=1S/C23H28N2O2/c1-16(17-8-5-4-6-9-17)25-22(26)19-11-7-10-18(12-19)20-13-21(15-24-14-20)23(2,3)27/h7-8,10-16,27H,4-6,9H2,1-3H3,(H,25,26). The monoisotopic (exact) mass is 364 g/mol. The Bertz CT molecular complexity index is 849. The lowest BCUT2D eigenvalue weighted by Gasteiger charge is -2.21. The summed E-state index contributed by atoms with van der Waals surface area (Å²) in [7, 11) is 0. The molecular weight excluding hydrogens is 336 g/mol. The van der Waals surface area contributed by atoms with E-state index in [-0.39, 0.29) is 11.9 Å². The minimum Gasteiger partial charge on any atom is -0.386 e. The first-order valence-corrected chi connectivity index (χ1v) is 9.63. The van der Waals surface area contributed by atoms with Crippen LogP contribution in [-0.4, -0.2) is 22.0 Å². The summed E-state index contributed by atoms with van der Waals surface area (Å²) in [5, 5.41) is 13.3. The second-order valence-electron chi connectivity index (χ2n) is 7.82. The summed E-state index contributed by atoms with van der Waals surface area (Å²) in [6.45, 7) is 5.52. The molecule has 1 unspecified atom stereocenters. The van der Waals surface area contributed by atoms with Gasteiger partial charge in [-0.25, -0.2) is 0 Å². The molecule has 0 spiro atoms. The number of carbonyl (C=O) groups is 1. The predicted octanol–water partition coefficient (Wildman–Crippen LogP) is 4.59. The van der Waals surface area contributed by atoms with Crippen molar-refractivity contribution in [2.45, 2.75) is 58.1 Å². The Hall–Kier alpha value is -2.46. The van der Waals surface area contributed by atoms with Crippen molar-refractivity contribution in [3.05, 3.63) is 65.5 Å². The van der Waals surface area contributed by atoms with Crippen LogP contribution in [0.2, 0.25) is 0 Å². The van der Waals surface area contributed by atoms with E-state index < -0.39 is 5.60 Å². The average Bonchev–Trinajstić information content (AvgIpc) is 2.68. The molecule has 1 aliphatic rings. The number of nitrogens with zero attached hydrogens (tertiary/aromatic N) is 1. The molecule has 2 aromatic rings. The number of allylic oxidation sites excluding steroid dienone is 1. The van der Waals surface area contributed by atoms with Gasteiger partial charge in [0.25, 0.3) is 5.91 Å². The molecule has 1 aromatic heterocycles. The van der Waals surface area contributed by atoms with E-state index in [4.69, 9.17) is 0 Å². The van der Waals surface area contributed by atoms with Crippen LogP contribution in [0.1, 0.15) is 62.4 Å². The minimum absolute atomic E-state index is 0.0571. The lowest BCUT2D eigenvalue weighted by Crippen LogP contribution is -2.34. The van der Waals surface area contributed by atoms with Gasteiger partial charge in [-0.3, -0.25) is 9.78 Å². The zero-order chi connectivity index (χ0) is 19.4. The number of hydrogen-bond donors (Lipinski definition) is 2. The van der Waals surface area contributed by atoms with E-state index in [0.29, 0.717) is 5.56 Å². The second-order valence-corrected chi connectivity index (χ2v) is 7.82.